The Morgan fingerprint density at radius 3 is 2.00 bits per heavy atom. The number of hydrogen-bond acceptors (Lipinski definition) is 5. The molecular weight excluding hydrogens is 440 g/mol. The molecule has 0 aliphatic carbocycles. The number of carboxylic acid groups (broad SMARTS) is 1. The molecule has 162 valence electrons. The van der Waals surface area contributed by atoms with Gasteiger partial charge in [-0.2, -0.15) is 0 Å². The van der Waals surface area contributed by atoms with Gasteiger partial charge >= 0.3 is 5.97 Å². The van der Waals surface area contributed by atoms with Crippen LogP contribution in [0.4, 0.5) is 11.4 Å². The maximum atomic E-state index is 12.9. The third kappa shape index (κ3) is 5.22. The van der Waals surface area contributed by atoms with E-state index in [9.17, 15) is 21.6 Å². The number of benzene rings is 3. The first-order chi connectivity index (χ1) is 14.5. The van der Waals surface area contributed by atoms with Crippen LogP contribution in [-0.4, -0.2) is 27.9 Å². The Bertz CT molecular complexity index is 1350. The van der Waals surface area contributed by atoms with E-state index < -0.39 is 26.0 Å². The number of carboxylic acids is 1. The van der Waals surface area contributed by atoms with Crippen LogP contribution in [0.1, 0.15) is 21.5 Å². The van der Waals surface area contributed by atoms with E-state index in [1.54, 1.807) is 25.1 Å². The van der Waals surface area contributed by atoms with Crippen LogP contribution in [0.2, 0.25) is 0 Å². The van der Waals surface area contributed by atoms with Gasteiger partial charge in [-0.25, -0.2) is 21.6 Å². The first-order valence-electron chi connectivity index (χ1n) is 9.04. The second-order valence-electron chi connectivity index (χ2n) is 6.89. The highest BCUT2D eigenvalue weighted by Crippen LogP contribution is 2.25. The van der Waals surface area contributed by atoms with Crippen molar-refractivity contribution in [3.8, 4) is 0 Å². The minimum absolute atomic E-state index is 0.0510. The topological polar surface area (TPSA) is 130 Å². The molecule has 0 aliphatic heterocycles. The fourth-order valence-corrected chi connectivity index (χ4v) is 5.23. The zero-order valence-electron chi connectivity index (χ0n) is 16.7. The number of sulfonamides is 2. The van der Waals surface area contributed by atoms with E-state index in [1.807, 2.05) is 13.0 Å². The smallest absolute Gasteiger partial charge is 0.335 e. The minimum atomic E-state index is -4.05. The van der Waals surface area contributed by atoms with E-state index in [4.69, 9.17) is 5.11 Å². The lowest BCUT2D eigenvalue weighted by atomic mass is 10.2. The number of nitrogens with one attached hydrogen (secondary N) is 2. The molecule has 3 rings (SSSR count). The summed E-state index contributed by atoms with van der Waals surface area (Å²) in [7, 11) is -8.02. The number of carbonyl (C=O) groups is 1. The van der Waals surface area contributed by atoms with Gasteiger partial charge in [0.1, 0.15) is 0 Å². The fourth-order valence-electron chi connectivity index (χ4n) is 2.86. The molecule has 0 heterocycles. The van der Waals surface area contributed by atoms with Crippen molar-refractivity contribution in [2.45, 2.75) is 23.6 Å². The van der Waals surface area contributed by atoms with Gasteiger partial charge < -0.3 is 5.11 Å². The molecule has 3 aromatic rings. The molecule has 10 heteroatoms. The van der Waals surface area contributed by atoms with Crippen molar-refractivity contribution in [3.05, 3.63) is 83.4 Å². The summed E-state index contributed by atoms with van der Waals surface area (Å²) in [5, 5.41) is 8.94. The van der Waals surface area contributed by atoms with E-state index in [-0.39, 0.29) is 21.0 Å². The highest BCUT2D eigenvalue weighted by atomic mass is 32.2. The number of hydrogen-bond donors (Lipinski definition) is 3. The van der Waals surface area contributed by atoms with Crippen molar-refractivity contribution < 1.29 is 26.7 Å². The summed E-state index contributed by atoms with van der Waals surface area (Å²) in [5.41, 5.74) is 1.72. The summed E-state index contributed by atoms with van der Waals surface area (Å²) in [6.45, 7) is 3.44. The van der Waals surface area contributed by atoms with Crippen molar-refractivity contribution >= 4 is 37.4 Å². The molecule has 0 fully saturated rings. The highest BCUT2D eigenvalue weighted by molar-refractivity contribution is 7.93. The second kappa shape index (κ2) is 8.40. The Morgan fingerprint density at radius 2 is 1.39 bits per heavy atom. The molecule has 0 bridgehead atoms. The molecular formula is C21H20N2O6S2. The third-order valence-corrected chi connectivity index (χ3v) is 7.33. The number of rotatable bonds is 7. The van der Waals surface area contributed by atoms with Crippen molar-refractivity contribution in [2.75, 3.05) is 9.44 Å². The van der Waals surface area contributed by atoms with Crippen LogP contribution >= 0.6 is 0 Å². The molecule has 3 aromatic carbocycles. The Kier molecular flexibility index (Phi) is 6.05. The van der Waals surface area contributed by atoms with Crippen LogP contribution in [-0.2, 0) is 20.0 Å². The molecule has 0 saturated carbocycles. The Labute approximate surface area is 180 Å². The molecule has 31 heavy (non-hydrogen) atoms. The van der Waals surface area contributed by atoms with Gasteiger partial charge in [0.2, 0.25) is 0 Å². The molecule has 0 saturated heterocycles. The summed E-state index contributed by atoms with van der Waals surface area (Å²) in [6, 6.07) is 15.7. The van der Waals surface area contributed by atoms with Gasteiger partial charge in [-0.15, -0.1) is 0 Å². The van der Waals surface area contributed by atoms with E-state index in [0.717, 1.165) is 17.7 Å². The molecule has 0 spiro atoms. The van der Waals surface area contributed by atoms with Crippen LogP contribution in [0.15, 0.2) is 76.5 Å². The van der Waals surface area contributed by atoms with Crippen molar-refractivity contribution in [2.24, 2.45) is 0 Å². The van der Waals surface area contributed by atoms with Crippen LogP contribution < -0.4 is 9.44 Å². The second-order valence-corrected chi connectivity index (χ2v) is 10.2. The lowest BCUT2D eigenvalue weighted by Gasteiger charge is -2.14. The Balaban J connectivity index is 1.90. The van der Waals surface area contributed by atoms with Gasteiger partial charge in [0, 0.05) is 5.69 Å². The van der Waals surface area contributed by atoms with Gasteiger partial charge in [-0.05, 0) is 73.5 Å². The first-order valence-corrected chi connectivity index (χ1v) is 12.0. The monoisotopic (exact) mass is 460 g/mol. The van der Waals surface area contributed by atoms with E-state index in [2.05, 4.69) is 9.44 Å². The predicted molar refractivity (Wildman–Crippen MR) is 117 cm³/mol. The van der Waals surface area contributed by atoms with Crippen molar-refractivity contribution in [3.63, 3.8) is 0 Å². The molecule has 0 unspecified atom stereocenters. The number of anilines is 2. The molecule has 8 nitrogen and oxygen atoms in total. The lowest BCUT2D eigenvalue weighted by Crippen LogP contribution is -2.16. The summed E-state index contributed by atoms with van der Waals surface area (Å²) in [6.07, 6.45) is 0. The van der Waals surface area contributed by atoms with Gasteiger partial charge in [0.05, 0.1) is 21.0 Å². The average molecular weight is 461 g/mol. The SMILES string of the molecule is Cc1cccc(NS(=O)(=O)c2cc(NS(=O)(=O)c3ccc(C(=O)O)cc3)ccc2C)c1. The average Bonchev–Trinajstić information content (AvgIpc) is 2.69. The van der Waals surface area contributed by atoms with Crippen LogP contribution in [0.3, 0.4) is 0 Å². The van der Waals surface area contributed by atoms with Gasteiger partial charge in [0.15, 0.2) is 0 Å². The molecule has 0 aromatic heterocycles. The summed E-state index contributed by atoms with van der Waals surface area (Å²) in [5.74, 6) is -1.17. The summed E-state index contributed by atoms with van der Waals surface area (Å²) < 4.78 is 55.8. The lowest BCUT2D eigenvalue weighted by molar-refractivity contribution is 0.0696. The molecule has 0 radical (unpaired) electrons. The van der Waals surface area contributed by atoms with Gasteiger partial charge in [-0.1, -0.05) is 18.2 Å². The Morgan fingerprint density at radius 1 is 0.774 bits per heavy atom. The van der Waals surface area contributed by atoms with Gasteiger partial charge in [0.25, 0.3) is 20.0 Å². The maximum absolute atomic E-state index is 12.9. The number of aryl methyl sites for hydroxylation is 2. The molecule has 3 N–H and O–H groups in total. The van der Waals surface area contributed by atoms with Gasteiger partial charge in [-0.3, -0.25) is 9.44 Å². The van der Waals surface area contributed by atoms with Crippen molar-refractivity contribution in [1.29, 1.82) is 0 Å². The number of aromatic carboxylic acids is 1. The van der Waals surface area contributed by atoms with E-state index in [1.165, 1.54) is 30.3 Å². The zero-order valence-corrected chi connectivity index (χ0v) is 18.3. The summed E-state index contributed by atoms with van der Waals surface area (Å²) in [4.78, 5) is 10.7. The fraction of sp³-hybridized carbons (Fsp3) is 0.0952. The molecule has 0 amide bonds. The standard InChI is InChI=1S/C21H20N2O6S2/c1-14-4-3-5-17(12-14)23-31(28,29)20-13-18(9-6-15(20)2)22-30(26,27)19-10-7-16(8-11-19)21(24)25/h3-13,22-23H,1-2H3,(H,24,25). The van der Waals surface area contributed by atoms with Crippen LogP contribution in [0.25, 0.3) is 0 Å². The summed E-state index contributed by atoms with van der Waals surface area (Å²) >= 11 is 0. The zero-order chi connectivity index (χ0) is 22.8. The van der Waals surface area contributed by atoms with E-state index >= 15 is 0 Å². The highest BCUT2D eigenvalue weighted by Gasteiger charge is 2.20. The van der Waals surface area contributed by atoms with E-state index in [0.29, 0.717) is 11.3 Å². The quantitative estimate of drug-likeness (QED) is 0.494. The maximum Gasteiger partial charge on any atom is 0.335 e. The minimum Gasteiger partial charge on any atom is -0.478 e. The third-order valence-electron chi connectivity index (χ3n) is 4.41. The predicted octanol–water partition coefficient (Wildman–Crippen LogP) is 3.60. The first kappa shape index (κ1) is 22.3. The molecule has 0 aliphatic rings. The van der Waals surface area contributed by atoms with Crippen LogP contribution in [0, 0.1) is 13.8 Å². The molecule has 0 atom stereocenters. The normalized spacial score (nSPS) is 11.7. The van der Waals surface area contributed by atoms with Crippen LogP contribution in [0.5, 0.6) is 0 Å². The van der Waals surface area contributed by atoms with Crippen molar-refractivity contribution in [1.82, 2.24) is 0 Å². The Hall–Kier alpha value is -3.37. The largest absolute Gasteiger partial charge is 0.478 e.